The van der Waals surface area contributed by atoms with Crippen LogP contribution < -0.4 is 4.74 Å². The van der Waals surface area contributed by atoms with E-state index >= 15 is 0 Å². The Hall–Kier alpha value is -0.630. The topological polar surface area (TPSA) is 9.23 Å². The molecule has 0 saturated carbocycles. The number of benzene rings is 1. The molecule has 0 saturated heterocycles. The quantitative estimate of drug-likeness (QED) is 0.689. The van der Waals surface area contributed by atoms with Crippen LogP contribution in [0.2, 0.25) is 0 Å². The van der Waals surface area contributed by atoms with Crippen LogP contribution >= 0.6 is 11.8 Å². The molecule has 1 aromatic carbocycles. The van der Waals surface area contributed by atoms with Crippen molar-refractivity contribution < 1.29 is 4.74 Å². The van der Waals surface area contributed by atoms with Crippen LogP contribution in [-0.4, -0.2) is 4.93 Å². The average Bonchev–Trinajstić information content (AvgIpc) is 2.36. The molecule has 0 aromatic heterocycles. The highest BCUT2D eigenvalue weighted by atomic mass is 32.2. The number of fused-ring (bicyclic) bond motifs is 1. The highest BCUT2D eigenvalue weighted by Gasteiger charge is 2.30. The maximum absolute atomic E-state index is 5.79. The Kier molecular flexibility index (Phi) is 2.26. The van der Waals surface area contributed by atoms with Gasteiger partial charge in [0.05, 0.1) is 4.90 Å². The predicted octanol–water partition coefficient (Wildman–Crippen LogP) is 4.03. The van der Waals surface area contributed by atoms with Crippen LogP contribution in [0.1, 0.15) is 39.2 Å². The Labute approximate surface area is 89.9 Å². The molecule has 2 heteroatoms. The van der Waals surface area contributed by atoms with Gasteiger partial charge in [-0.25, -0.2) is 0 Å². The molecule has 1 aromatic rings. The zero-order valence-corrected chi connectivity index (χ0v) is 9.94. The standard InChI is InChI=1S/C12H16OS/c1-8(2)9-5-6-10-11(7-9)14-12(3,4)13-10/h5-8H,1-4H3. The van der Waals surface area contributed by atoms with Crippen molar-refractivity contribution in [3.63, 3.8) is 0 Å². The molecule has 0 amide bonds. The molecule has 1 nitrogen and oxygen atoms in total. The fraction of sp³-hybridized carbons (Fsp3) is 0.500. The van der Waals surface area contributed by atoms with Gasteiger partial charge in [-0.1, -0.05) is 31.7 Å². The SMILES string of the molecule is CC(C)c1ccc2c(c1)SC(C)(C)O2. The zero-order valence-electron chi connectivity index (χ0n) is 9.13. The van der Waals surface area contributed by atoms with Gasteiger partial charge in [-0.2, -0.15) is 0 Å². The van der Waals surface area contributed by atoms with Crippen LogP contribution in [-0.2, 0) is 0 Å². The number of hydrogen-bond donors (Lipinski definition) is 0. The van der Waals surface area contributed by atoms with E-state index in [1.165, 1.54) is 10.5 Å². The van der Waals surface area contributed by atoms with Crippen molar-refractivity contribution in [1.29, 1.82) is 0 Å². The lowest BCUT2D eigenvalue weighted by atomic mass is 10.0. The second-order valence-electron chi connectivity index (χ2n) is 4.46. The summed E-state index contributed by atoms with van der Waals surface area (Å²) in [5.74, 6) is 1.62. The van der Waals surface area contributed by atoms with Crippen molar-refractivity contribution in [2.45, 2.75) is 43.4 Å². The van der Waals surface area contributed by atoms with Crippen LogP contribution in [0.3, 0.4) is 0 Å². The van der Waals surface area contributed by atoms with E-state index in [2.05, 4.69) is 45.9 Å². The number of rotatable bonds is 1. The Balaban J connectivity index is 2.36. The smallest absolute Gasteiger partial charge is 0.153 e. The molecule has 1 aliphatic rings. The molecule has 0 aliphatic carbocycles. The van der Waals surface area contributed by atoms with E-state index in [0.29, 0.717) is 5.92 Å². The summed E-state index contributed by atoms with van der Waals surface area (Å²) in [4.78, 5) is 1.18. The zero-order chi connectivity index (χ0) is 10.3. The van der Waals surface area contributed by atoms with Gasteiger partial charge in [-0.05, 0) is 37.5 Å². The van der Waals surface area contributed by atoms with Crippen LogP contribution in [0.4, 0.5) is 0 Å². The first-order valence-electron chi connectivity index (χ1n) is 5.00. The van der Waals surface area contributed by atoms with Crippen LogP contribution in [0.25, 0.3) is 0 Å². The summed E-state index contributed by atoms with van der Waals surface area (Å²) in [6.07, 6.45) is 0. The average molecular weight is 208 g/mol. The molecule has 0 radical (unpaired) electrons. The summed E-state index contributed by atoms with van der Waals surface area (Å²) in [5.41, 5.74) is 1.39. The monoisotopic (exact) mass is 208 g/mol. The maximum Gasteiger partial charge on any atom is 0.153 e. The lowest BCUT2D eigenvalue weighted by molar-refractivity contribution is 0.215. The van der Waals surface area contributed by atoms with Crippen LogP contribution in [0, 0.1) is 0 Å². The molecule has 0 N–H and O–H groups in total. The van der Waals surface area contributed by atoms with Crippen molar-refractivity contribution >= 4 is 11.8 Å². The van der Waals surface area contributed by atoms with Crippen molar-refractivity contribution in [2.24, 2.45) is 0 Å². The van der Waals surface area contributed by atoms with E-state index in [4.69, 9.17) is 4.74 Å². The lowest BCUT2D eigenvalue weighted by Crippen LogP contribution is -2.17. The normalized spacial score (nSPS) is 18.1. The van der Waals surface area contributed by atoms with E-state index in [0.717, 1.165) is 5.75 Å². The molecule has 1 aliphatic heterocycles. The van der Waals surface area contributed by atoms with Gasteiger partial charge >= 0.3 is 0 Å². The minimum Gasteiger partial charge on any atom is -0.476 e. The molecule has 0 fully saturated rings. The maximum atomic E-state index is 5.79. The summed E-state index contributed by atoms with van der Waals surface area (Å²) < 4.78 is 5.79. The molecule has 0 unspecified atom stereocenters. The van der Waals surface area contributed by atoms with Crippen molar-refractivity contribution in [2.75, 3.05) is 0 Å². The van der Waals surface area contributed by atoms with E-state index in [-0.39, 0.29) is 4.93 Å². The first-order chi connectivity index (χ1) is 6.48. The molecular formula is C12H16OS. The first-order valence-corrected chi connectivity index (χ1v) is 5.81. The second kappa shape index (κ2) is 3.20. The number of hydrogen-bond acceptors (Lipinski definition) is 2. The van der Waals surface area contributed by atoms with E-state index in [1.807, 2.05) is 0 Å². The van der Waals surface area contributed by atoms with E-state index in [9.17, 15) is 0 Å². The third-order valence-corrected chi connectivity index (χ3v) is 3.46. The minimum absolute atomic E-state index is 0.0993. The van der Waals surface area contributed by atoms with E-state index < -0.39 is 0 Å². The van der Waals surface area contributed by atoms with Gasteiger partial charge in [0.1, 0.15) is 5.75 Å². The molecule has 0 atom stereocenters. The molecule has 0 spiro atoms. The highest BCUT2D eigenvalue weighted by Crippen LogP contribution is 2.47. The highest BCUT2D eigenvalue weighted by molar-refractivity contribution is 8.00. The van der Waals surface area contributed by atoms with Gasteiger partial charge in [0.15, 0.2) is 4.93 Å². The summed E-state index contributed by atoms with van der Waals surface area (Å²) >= 11 is 1.80. The Morgan fingerprint density at radius 1 is 1.29 bits per heavy atom. The minimum atomic E-state index is -0.0993. The van der Waals surface area contributed by atoms with Crippen molar-refractivity contribution in [3.05, 3.63) is 23.8 Å². The van der Waals surface area contributed by atoms with Gasteiger partial charge in [0.2, 0.25) is 0 Å². The van der Waals surface area contributed by atoms with Crippen LogP contribution in [0.5, 0.6) is 5.75 Å². The Morgan fingerprint density at radius 3 is 2.64 bits per heavy atom. The predicted molar refractivity (Wildman–Crippen MR) is 61.1 cm³/mol. The number of ether oxygens (including phenoxy) is 1. The van der Waals surface area contributed by atoms with Gasteiger partial charge < -0.3 is 4.74 Å². The largest absolute Gasteiger partial charge is 0.476 e. The van der Waals surface area contributed by atoms with Crippen LogP contribution in [0.15, 0.2) is 23.1 Å². The van der Waals surface area contributed by atoms with Gasteiger partial charge in [-0.15, -0.1) is 0 Å². The van der Waals surface area contributed by atoms with E-state index in [1.54, 1.807) is 11.8 Å². The first kappa shape index (κ1) is 9.91. The summed E-state index contributed by atoms with van der Waals surface area (Å²) in [6, 6.07) is 6.50. The molecule has 0 bridgehead atoms. The van der Waals surface area contributed by atoms with Crippen molar-refractivity contribution in [3.8, 4) is 5.75 Å². The molecule has 14 heavy (non-hydrogen) atoms. The summed E-state index contributed by atoms with van der Waals surface area (Å²) in [7, 11) is 0. The fourth-order valence-corrected chi connectivity index (χ4v) is 2.66. The summed E-state index contributed by atoms with van der Waals surface area (Å²) in [5, 5.41) is 0. The molecule has 2 rings (SSSR count). The third kappa shape index (κ3) is 1.76. The summed E-state index contributed by atoms with van der Waals surface area (Å²) in [6.45, 7) is 8.64. The molecule has 76 valence electrons. The lowest BCUT2D eigenvalue weighted by Gasteiger charge is -2.15. The Bertz CT molecular complexity index is 355. The van der Waals surface area contributed by atoms with Crippen molar-refractivity contribution in [1.82, 2.24) is 0 Å². The number of thioether (sulfide) groups is 1. The third-order valence-electron chi connectivity index (χ3n) is 2.35. The molecular weight excluding hydrogens is 192 g/mol. The van der Waals surface area contributed by atoms with Gasteiger partial charge in [0, 0.05) is 0 Å². The molecule has 1 heterocycles. The van der Waals surface area contributed by atoms with Gasteiger partial charge in [0.25, 0.3) is 0 Å². The second-order valence-corrected chi connectivity index (χ2v) is 6.09. The van der Waals surface area contributed by atoms with Gasteiger partial charge in [-0.3, -0.25) is 0 Å². The fourth-order valence-electron chi connectivity index (χ4n) is 1.60. The Morgan fingerprint density at radius 2 is 2.00 bits per heavy atom.